The van der Waals surface area contributed by atoms with Gasteiger partial charge in [-0.05, 0) is 37.3 Å². The van der Waals surface area contributed by atoms with E-state index in [0.717, 1.165) is 6.04 Å². The largest absolute Gasteiger partial charge is 0.381 e. The molecule has 1 aliphatic heterocycles. The van der Waals surface area contributed by atoms with E-state index in [1.54, 1.807) is 0 Å². The molecule has 1 atom stereocenters. The Morgan fingerprint density at radius 3 is 2.83 bits per heavy atom. The summed E-state index contributed by atoms with van der Waals surface area (Å²) in [6.07, 6.45) is 6.56. The molecule has 1 N–H and O–H groups in total. The zero-order valence-corrected chi connectivity index (χ0v) is 11.4. The summed E-state index contributed by atoms with van der Waals surface area (Å²) in [5.74, 6) is 0. The normalized spacial score (nSPS) is 24.4. The van der Waals surface area contributed by atoms with Gasteiger partial charge in [0.2, 0.25) is 0 Å². The Balaban J connectivity index is 1.62. The van der Waals surface area contributed by atoms with E-state index in [0.29, 0.717) is 6.04 Å². The Hall–Kier alpha value is -1.02. The molecule has 1 saturated heterocycles. The quantitative estimate of drug-likeness (QED) is 0.855. The summed E-state index contributed by atoms with van der Waals surface area (Å²) < 4.78 is 0. The van der Waals surface area contributed by atoms with Crippen LogP contribution in [0.4, 0.5) is 5.69 Å². The van der Waals surface area contributed by atoms with Crippen LogP contribution in [0.1, 0.15) is 38.2 Å². The first kappa shape index (κ1) is 12.0. The lowest BCUT2D eigenvalue weighted by Crippen LogP contribution is -2.28. The fourth-order valence-electron chi connectivity index (χ4n) is 3.04. The molecular formula is C16H24N2. The molecule has 2 aliphatic rings. The van der Waals surface area contributed by atoms with Crippen LogP contribution in [-0.4, -0.2) is 30.1 Å². The highest BCUT2D eigenvalue weighted by atomic mass is 15.2. The molecule has 1 unspecified atom stereocenters. The molecular weight excluding hydrogens is 220 g/mol. The molecule has 1 saturated carbocycles. The highest BCUT2D eigenvalue weighted by Gasteiger charge is 2.34. The number of hydrogen-bond acceptors (Lipinski definition) is 2. The van der Waals surface area contributed by atoms with Crippen LogP contribution in [0.2, 0.25) is 0 Å². The lowest BCUT2D eigenvalue weighted by atomic mass is 10.1. The van der Waals surface area contributed by atoms with E-state index >= 15 is 0 Å². The van der Waals surface area contributed by atoms with Crippen molar-refractivity contribution in [3.8, 4) is 0 Å². The van der Waals surface area contributed by atoms with E-state index < -0.39 is 0 Å². The van der Waals surface area contributed by atoms with E-state index in [1.807, 2.05) is 0 Å². The van der Waals surface area contributed by atoms with Gasteiger partial charge in [-0.1, -0.05) is 31.5 Å². The molecule has 1 heterocycles. The van der Waals surface area contributed by atoms with Crippen LogP contribution in [0.5, 0.6) is 0 Å². The standard InChI is InChI=1S/C16H24N2/c1-2-5-13-6-3-4-7-16(13)17-14-10-11-18(12-14)15-8-9-15/h3-4,6-7,14-15,17H,2,5,8-12H2,1H3. The van der Waals surface area contributed by atoms with Crippen LogP contribution in [0.15, 0.2) is 24.3 Å². The summed E-state index contributed by atoms with van der Waals surface area (Å²) in [7, 11) is 0. The van der Waals surface area contributed by atoms with Gasteiger partial charge in [-0.3, -0.25) is 4.90 Å². The summed E-state index contributed by atoms with van der Waals surface area (Å²) >= 11 is 0. The summed E-state index contributed by atoms with van der Waals surface area (Å²) in [6, 6.07) is 10.4. The SMILES string of the molecule is CCCc1ccccc1NC1CCN(C2CC2)C1. The van der Waals surface area contributed by atoms with Gasteiger partial charge in [0.1, 0.15) is 0 Å². The van der Waals surface area contributed by atoms with Crippen molar-refractivity contribution >= 4 is 5.69 Å². The maximum absolute atomic E-state index is 3.77. The van der Waals surface area contributed by atoms with Crippen molar-refractivity contribution in [3.05, 3.63) is 29.8 Å². The first-order chi connectivity index (χ1) is 8.86. The van der Waals surface area contributed by atoms with Gasteiger partial charge >= 0.3 is 0 Å². The fraction of sp³-hybridized carbons (Fsp3) is 0.625. The van der Waals surface area contributed by atoms with Crippen LogP contribution in [0.25, 0.3) is 0 Å². The number of likely N-dealkylation sites (tertiary alicyclic amines) is 1. The van der Waals surface area contributed by atoms with Gasteiger partial charge in [-0.25, -0.2) is 0 Å². The van der Waals surface area contributed by atoms with Crippen LogP contribution in [0.3, 0.4) is 0 Å². The summed E-state index contributed by atoms with van der Waals surface area (Å²) in [5, 5.41) is 3.77. The summed E-state index contributed by atoms with van der Waals surface area (Å²) in [6.45, 7) is 4.78. The lowest BCUT2D eigenvalue weighted by molar-refractivity contribution is 0.326. The van der Waals surface area contributed by atoms with Crippen molar-refractivity contribution in [1.82, 2.24) is 4.90 Å². The van der Waals surface area contributed by atoms with Crippen molar-refractivity contribution < 1.29 is 0 Å². The first-order valence-corrected chi connectivity index (χ1v) is 7.45. The molecule has 0 bridgehead atoms. The highest BCUT2D eigenvalue weighted by molar-refractivity contribution is 5.52. The molecule has 0 spiro atoms. The second kappa shape index (κ2) is 5.31. The van der Waals surface area contributed by atoms with Gasteiger partial charge in [0, 0.05) is 30.9 Å². The molecule has 18 heavy (non-hydrogen) atoms. The molecule has 3 rings (SSSR count). The van der Waals surface area contributed by atoms with Gasteiger partial charge in [-0.15, -0.1) is 0 Å². The predicted octanol–water partition coefficient (Wildman–Crippen LogP) is 3.29. The van der Waals surface area contributed by atoms with E-state index in [1.165, 1.54) is 56.4 Å². The molecule has 1 aromatic carbocycles. The van der Waals surface area contributed by atoms with Crippen LogP contribution in [-0.2, 0) is 6.42 Å². The first-order valence-electron chi connectivity index (χ1n) is 7.45. The number of rotatable bonds is 5. The van der Waals surface area contributed by atoms with Crippen molar-refractivity contribution in [2.24, 2.45) is 0 Å². The number of para-hydroxylation sites is 1. The van der Waals surface area contributed by atoms with E-state index in [4.69, 9.17) is 0 Å². The molecule has 98 valence electrons. The Morgan fingerprint density at radius 2 is 2.06 bits per heavy atom. The topological polar surface area (TPSA) is 15.3 Å². The predicted molar refractivity (Wildman–Crippen MR) is 77.1 cm³/mol. The third-order valence-electron chi connectivity index (χ3n) is 4.18. The van der Waals surface area contributed by atoms with E-state index in [9.17, 15) is 0 Å². The van der Waals surface area contributed by atoms with Gasteiger partial charge in [0.15, 0.2) is 0 Å². The second-order valence-corrected chi connectivity index (χ2v) is 5.76. The van der Waals surface area contributed by atoms with E-state index in [2.05, 4.69) is 41.4 Å². The van der Waals surface area contributed by atoms with Crippen molar-refractivity contribution in [1.29, 1.82) is 0 Å². The summed E-state index contributed by atoms with van der Waals surface area (Å²) in [4.78, 5) is 2.67. The Morgan fingerprint density at radius 1 is 1.22 bits per heavy atom. The zero-order valence-electron chi connectivity index (χ0n) is 11.4. The molecule has 1 aromatic rings. The monoisotopic (exact) mass is 244 g/mol. The molecule has 0 aromatic heterocycles. The number of nitrogens with one attached hydrogen (secondary N) is 1. The number of nitrogens with zero attached hydrogens (tertiary/aromatic N) is 1. The maximum Gasteiger partial charge on any atom is 0.0400 e. The van der Waals surface area contributed by atoms with Gasteiger partial charge in [-0.2, -0.15) is 0 Å². The van der Waals surface area contributed by atoms with Crippen molar-refractivity contribution in [2.45, 2.75) is 51.1 Å². The van der Waals surface area contributed by atoms with E-state index in [-0.39, 0.29) is 0 Å². The average molecular weight is 244 g/mol. The minimum absolute atomic E-state index is 0.656. The van der Waals surface area contributed by atoms with Gasteiger partial charge in [0.25, 0.3) is 0 Å². The third kappa shape index (κ3) is 2.69. The number of benzene rings is 1. The molecule has 2 heteroatoms. The fourth-order valence-corrected chi connectivity index (χ4v) is 3.04. The van der Waals surface area contributed by atoms with Gasteiger partial charge < -0.3 is 5.32 Å². The second-order valence-electron chi connectivity index (χ2n) is 5.76. The summed E-state index contributed by atoms with van der Waals surface area (Å²) in [5.41, 5.74) is 2.84. The maximum atomic E-state index is 3.77. The number of aryl methyl sites for hydroxylation is 1. The smallest absolute Gasteiger partial charge is 0.0400 e. The Bertz CT molecular complexity index is 398. The molecule has 0 amide bonds. The number of anilines is 1. The van der Waals surface area contributed by atoms with Crippen molar-refractivity contribution in [2.75, 3.05) is 18.4 Å². The van der Waals surface area contributed by atoms with Crippen LogP contribution in [0, 0.1) is 0 Å². The molecule has 2 fully saturated rings. The average Bonchev–Trinajstić information content (AvgIpc) is 3.13. The van der Waals surface area contributed by atoms with Crippen LogP contribution >= 0.6 is 0 Å². The van der Waals surface area contributed by atoms with Gasteiger partial charge in [0.05, 0.1) is 0 Å². The minimum atomic E-state index is 0.656. The molecule has 1 aliphatic carbocycles. The van der Waals surface area contributed by atoms with Crippen molar-refractivity contribution in [3.63, 3.8) is 0 Å². The third-order valence-corrected chi connectivity index (χ3v) is 4.18. The molecule has 2 nitrogen and oxygen atoms in total. The highest BCUT2D eigenvalue weighted by Crippen LogP contribution is 2.31. The Labute approximate surface area is 110 Å². The minimum Gasteiger partial charge on any atom is -0.381 e. The molecule has 0 radical (unpaired) electrons. The lowest BCUT2D eigenvalue weighted by Gasteiger charge is -2.18. The van der Waals surface area contributed by atoms with Crippen LogP contribution < -0.4 is 5.32 Å². The number of hydrogen-bond donors (Lipinski definition) is 1. The zero-order chi connectivity index (χ0) is 12.4. The Kier molecular flexibility index (Phi) is 3.55.